The molecular weight excluding hydrogens is 446 g/mol. The Morgan fingerprint density at radius 1 is 1.15 bits per heavy atom. The molecule has 4 rings (SSSR count). The molecule has 3 aromatic rings. The summed E-state index contributed by atoms with van der Waals surface area (Å²) in [6.45, 7) is 5.92. The fourth-order valence-corrected chi connectivity index (χ4v) is 4.79. The van der Waals surface area contributed by atoms with Crippen LogP contribution in [-0.4, -0.2) is 27.8 Å². The molecule has 1 fully saturated rings. The number of aryl methyl sites for hydroxylation is 1. The van der Waals surface area contributed by atoms with Gasteiger partial charge in [0.05, 0.1) is 12.1 Å². The first-order chi connectivity index (χ1) is 15.6. The number of hydrogen-bond donors (Lipinski definition) is 1. The summed E-state index contributed by atoms with van der Waals surface area (Å²) < 4.78 is 27.8. The smallest absolute Gasteiger partial charge is 0.271 e. The minimum atomic E-state index is -1.05. The minimum Gasteiger partial charge on any atom is -0.347 e. The second-order valence-electron chi connectivity index (χ2n) is 8.82. The van der Waals surface area contributed by atoms with Crippen molar-refractivity contribution in [2.24, 2.45) is 5.41 Å². The summed E-state index contributed by atoms with van der Waals surface area (Å²) in [5, 5.41) is 3.18. The predicted molar refractivity (Wildman–Crippen MR) is 123 cm³/mol. The van der Waals surface area contributed by atoms with E-state index >= 15 is 0 Å². The molecule has 1 aliphatic rings. The molecule has 172 valence electrons. The summed E-state index contributed by atoms with van der Waals surface area (Å²) in [5.41, 5.74) is 0.916. The van der Waals surface area contributed by atoms with Gasteiger partial charge in [0.25, 0.3) is 5.91 Å². The molecule has 2 amide bonds. The zero-order valence-corrected chi connectivity index (χ0v) is 19.4. The number of nitrogens with zero attached hydrogens (tertiary/aromatic N) is 3. The number of halogens is 2. The summed E-state index contributed by atoms with van der Waals surface area (Å²) in [5.74, 6) is -2.87. The Morgan fingerprint density at radius 3 is 2.39 bits per heavy atom. The number of nitrogens with one attached hydrogen (secondary N) is 1. The normalized spacial score (nSPS) is 16.7. The lowest BCUT2D eigenvalue weighted by molar-refractivity contribution is -0.117. The fourth-order valence-electron chi connectivity index (χ4n) is 3.84. The van der Waals surface area contributed by atoms with E-state index < -0.39 is 17.8 Å². The first kappa shape index (κ1) is 23.0. The van der Waals surface area contributed by atoms with Crippen molar-refractivity contribution in [3.63, 3.8) is 0 Å². The van der Waals surface area contributed by atoms with E-state index in [0.717, 1.165) is 46.8 Å². The van der Waals surface area contributed by atoms with Crippen molar-refractivity contribution in [3.05, 3.63) is 70.5 Å². The highest BCUT2D eigenvalue weighted by Crippen LogP contribution is 2.40. The molecule has 9 heteroatoms. The molecule has 1 saturated carbocycles. The quantitative estimate of drug-likeness (QED) is 0.517. The molecule has 1 aliphatic carbocycles. The van der Waals surface area contributed by atoms with Gasteiger partial charge in [-0.1, -0.05) is 44.2 Å². The predicted octanol–water partition coefficient (Wildman–Crippen LogP) is 4.95. The monoisotopic (exact) mass is 470 g/mol. The van der Waals surface area contributed by atoms with E-state index in [1.54, 1.807) is 31.2 Å². The van der Waals surface area contributed by atoms with Crippen molar-refractivity contribution in [1.82, 2.24) is 15.3 Å². The number of thiazole rings is 1. The molecule has 1 unspecified atom stereocenters. The molecule has 2 heterocycles. The van der Waals surface area contributed by atoms with Crippen LogP contribution < -0.4 is 10.2 Å². The first-order valence-electron chi connectivity index (χ1n) is 10.6. The Kier molecular flexibility index (Phi) is 6.25. The Morgan fingerprint density at radius 2 is 1.82 bits per heavy atom. The van der Waals surface area contributed by atoms with Crippen LogP contribution in [0.3, 0.4) is 0 Å². The summed E-state index contributed by atoms with van der Waals surface area (Å²) in [4.78, 5) is 35.4. The number of anilines is 2. The lowest BCUT2D eigenvalue weighted by Gasteiger charge is -2.44. The number of amides is 2. The van der Waals surface area contributed by atoms with Crippen LogP contribution in [0, 0.1) is 24.2 Å². The topological polar surface area (TPSA) is 75.2 Å². The number of benzene rings is 1. The highest BCUT2D eigenvalue weighted by Gasteiger charge is 2.40. The van der Waals surface area contributed by atoms with E-state index in [-0.39, 0.29) is 40.3 Å². The van der Waals surface area contributed by atoms with E-state index in [4.69, 9.17) is 0 Å². The molecule has 0 radical (unpaired) electrons. The third-order valence-electron chi connectivity index (χ3n) is 5.97. The number of carbonyl (C=O) groups excluding carboxylic acids is 2. The molecule has 6 nitrogen and oxygen atoms in total. The van der Waals surface area contributed by atoms with Gasteiger partial charge in [0.15, 0.2) is 5.13 Å². The zero-order valence-electron chi connectivity index (χ0n) is 18.6. The Hall–Kier alpha value is -3.20. The van der Waals surface area contributed by atoms with Crippen molar-refractivity contribution in [3.8, 4) is 0 Å². The van der Waals surface area contributed by atoms with E-state index in [9.17, 15) is 18.4 Å². The fraction of sp³-hybridized carbons (Fsp3) is 0.333. The van der Waals surface area contributed by atoms with Gasteiger partial charge in [0.1, 0.15) is 5.69 Å². The molecule has 0 spiro atoms. The molecule has 33 heavy (non-hydrogen) atoms. The number of aromatic nitrogens is 2. The highest BCUT2D eigenvalue weighted by molar-refractivity contribution is 7.16. The molecule has 1 aromatic carbocycles. The summed E-state index contributed by atoms with van der Waals surface area (Å²) in [6.07, 6.45) is 1.91. The van der Waals surface area contributed by atoms with Crippen molar-refractivity contribution in [2.75, 3.05) is 4.90 Å². The lowest BCUT2D eigenvalue weighted by Crippen LogP contribution is -2.52. The van der Waals surface area contributed by atoms with Crippen LogP contribution in [0.25, 0.3) is 0 Å². The van der Waals surface area contributed by atoms with E-state index in [1.165, 1.54) is 0 Å². The van der Waals surface area contributed by atoms with Crippen LogP contribution in [0.2, 0.25) is 0 Å². The molecule has 0 saturated heterocycles. The van der Waals surface area contributed by atoms with Crippen molar-refractivity contribution < 1.29 is 18.4 Å². The van der Waals surface area contributed by atoms with Gasteiger partial charge in [-0.3, -0.25) is 14.5 Å². The average Bonchev–Trinajstić information content (AvgIpc) is 3.12. The van der Waals surface area contributed by atoms with E-state index in [2.05, 4.69) is 29.1 Å². The van der Waals surface area contributed by atoms with Gasteiger partial charge in [-0.25, -0.2) is 4.98 Å². The van der Waals surface area contributed by atoms with Crippen molar-refractivity contribution in [2.45, 2.75) is 46.1 Å². The number of carbonyl (C=O) groups is 2. The van der Waals surface area contributed by atoms with Gasteiger partial charge in [-0.2, -0.15) is 13.8 Å². The second kappa shape index (κ2) is 8.97. The third kappa shape index (κ3) is 4.93. The van der Waals surface area contributed by atoms with Crippen LogP contribution in [0.1, 0.15) is 47.6 Å². The average molecular weight is 471 g/mol. The van der Waals surface area contributed by atoms with Crippen LogP contribution in [-0.2, 0) is 11.2 Å². The Bertz CT molecular complexity index is 1180. The maximum absolute atomic E-state index is 13.9. The highest BCUT2D eigenvalue weighted by atomic mass is 32.1. The van der Waals surface area contributed by atoms with Gasteiger partial charge in [0.2, 0.25) is 17.8 Å². The van der Waals surface area contributed by atoms with Gasteiger partial charge in [-0.05, 0) is 30.7 Å². The van der Waals surface area contributed by atoms with Crippen molar-refractivity contribution in [1.29, 1.82) is 0 Å². The summed E-state index contributed by atoms with van der Waals surface area (Å²) in [6, 6.07) is 11.0. The molecule has 1 N–H and O–H groups in total. The third-order valence-corrected chi connectivity index (χ3v) is 6.93. The first-order valence-corrected chi connectivity index (χ1v) is 11.4. The second-order valence-corrected chi connectivity index (χ2v) is 10.00. The molecule has 0 aliphatic heterocycles. The standard InChI is InChI=1S/C24H24F2N4O2S/c1-14-21(22(32)27-17-9-10-24(17,2)3)29-23(33-14)30(16-12-18(25)28-19(26)13-16)20(31)11-15-7-5-4-6-8-15/h4-8,12-13,17H,9-11H2,1-3H3,(H,27,32). The van der Waals surface area contributed by atoms with Gasteiger partial charge < -0.3 is 5.32 Å². The van der Waals surface area contributed by atoms with E-state index in [1.807, 2.05) is 6.07 Å². The lowest BCUT2D eigenvalue weighted by atomic mass is 9.67. The summed E-state index contributed by atoms with van der Waals surface area (Å²) in [7, 11) is 0. The van der Waals surface area contributed by atoms with Crippen LogP contribution in [0.15, 0.2) is 42.5 Å². The Labute approximate surface area is 194 Å². The van der Waals surface area contributed by atoms with Gasteiger partial charge in [0, 0.05) is 23.1 Å². The van der Waals surface area contributed by atoms with Crippen LogP contribution in [0.5, 0.6) is 0 Å². The molecular formula is C24H24F2N4O2S. The maximum Gasteiger partial charge on any atom is 0.271 e. The molecule has 0 bridgehead atoms. The largest absolute Gasteiger partial charge is 0.347 e. The Balaban J connectivity index is 1.67. The molecule has 1 atom stereocenters. The van der Waals surface area contributed by atoms with Crippen LogP contribution >= 0.6 is 11.3 Å². The maximum atomic E-state index is 13.9. The number of hydrogen-bond acceptors (Lipinski definition) is 5. The van der Waals surface area contributed by atoms with Gasteiger partial charge >= 0.3 is 0 Å². The zero-order chi connectivity index (χ0) is 23.8. The number of pyridine rings is 1. The van der Waals surface area contributed by atoms with Crippen LogP contribution in [0.4, 0.5) is 19.6 Å². The SMILES string of the molecule is Cc1sc(N(C(=O)Cc2ccccc2)c2cc(F)nc(F)c2)nc1C(=O)NC1CCC1(C)C. The molecule has 2 aromatic heterocycles. The van der Waals surface area contributed by atoms with E-state index in [0.29, 0.717) is 4.88 Å². The summed E-state index contributed by atoms with van der Waals surface area (Å²) >= 11 is 1.12. The number of rotatable bonds is 6. The van der Waals surface area contributed by atoms with Gasteiger partial charge in [-0.15, -0.1) is 11.3 Å². The van der Waals surface area contributed by atoms with Crippen molar-refractivity contribution >= 4 is 34.0 Å². The minimum absolute atomic E-state index is 0.0111.